The summed E-state index contributed by atoms with van der Waals surface area (Å²) >= 11 is 0. The van der Waals surface area contributed by atoms with Crippen LogP contribution in [0.4, 0.5) is 0 Å². The minimum Gasteiger partial charge on any atom is -0.419 e. The Labute approximate surface area is 151 Å². The maximum Gasteiger partial charge on any atom is 0.469 e. The molecule has 24 heavy (non-hydrogen) atoms. The molecule has 0 aromatic carbocycles. The molecule has 1 aliphatic heterocycles. The van der Waals surface area contributed by atoms with Crippen molar-refractivity contribution in [2.75, 3.05) is 6.61 Å². The van der Waals surface area contributed by atoms with Crippen molar-refractivity contribution in [2.45, 2.75) is 38.2 Å². The van der Waals surface area contributed by atoms with Crippen LogP contribution in [-0.4, -0.2) is 42.8 Å². The van der Waals surface area contributed by atoms with Crippen molar-refractivity contribution in [3.63, 3.8) is 0 Å². The van der Waals surface area contributed by atoms with Gasteiger partial charge in [-0.15, -0.1) is 0 Å². The van der Waals surface area contributed by atoms with Gasteiger partial charge < -0.3 is 19.6 Å². The van der Waals surface area contributed by atoms with Crippen LogP contribution in [0.25, 0.3) is 0 Å². The molecule has 3 atom stereocenters. The number of nitrogens with zero attached hydrogens (tertiary/aromatic N) is 1. The molecule has 0 saturated carbocycles. The van der Waals surface area contributed by atoms with E-state index in [1.807, 2.05) is 0 Å². The molecule has 1 aliphatic rings. The number of H-pyrrole nitrogens is 1. The van der Waals surface area contributed by atoms with Crippen LogP contribution >= 0.6 is 7.82 Å². The predicted octanol–water partition coefficient (Wildman–Crippen LogP) is -0.940. The van der Waals surface area contributed by atoms with Crippen molar-refractivity contribution >= 4 is 7.82 Å². The largest absolute Gasteiger partial charge is 0.469 e. The first-order valence-electron chi connectivity index (χ1n) is 6.65. The van der Waals surface area contributed by atoms with Gasteiger partial charge in [0.2, 0.25) is 0 Å². The van der Waals surface area contributed by atoms with E-state index in [0.29, 0.717) is 5.92 Å². The van der Waals surface area contributed by atoms with Gasteiger partial charge in [-0.05, 0) is 12.5 Å². The Morgan fingerprint density at radius 3 is 2.54 bits per heavy atom. The van der Waals surface area contributed by atoms with Gasteiger partial charge in [0.15, 0.2) is 0 Å². The Hall–Kier alpha value is -0.602. The molecule has 0 radical (unpaired) electrons. The molecule has 2 heterocycles. The standard InChI is InChI=1S/C12H18N2O8P.W/c1-7-11(2,17)8(6-21-23(18,19)20)22-12(7,3)14-5-4-9(15)13-10(14)16;/h4-5,8,17H,6H2,1-3H3,(H,13,15,16)(H2,18,19,20);/q-1;. The van der Waals surface area contributed by atoms with E-state index in [0.717, 1.165) is 10.6 Å². The van der Waals surface area contributed by atoms with Crippen LogP contribution in [0, 0.1) is 5.92 Å². The Balaban J connectivity index is 0.00000288. The zero-order valence-corrected chi connectivity index (χ0v) is 17.0. The van der Waals surface area contributed by atoms with Crippen LogP contribution < -0.4 is 11.2 Å². The quantitative estimate of drug-likeness (QED) is 0.286. The van der Waals surface area contributed by atoms with Crippen LogP contribution in [0.5, 0.6) is 0 Å². The van der Waals surface area contributed by atoms with Crippen LogP contribution in [0.1, 0.15) is 20.8 Å². The Morgan fingerprint density at radius 2 is 2.04 bits per heavy atom. The van der Waals surface area contributed by atoms with E-state index in [9.17, 15) is 19.3 Å². The number of hydrogen-bond donors (Lipinski definition) is 4. The molecule has 0 bridgehead atoms. The fourth-order valence-electron chi connectivity index (χ4n) is 2.54. The second-order valence-electron chi connectivity index (χ2n) is 5.63. The summed E-state index contributed by atoms with van der Waals surface area (Å²) in [5, 5.41) is 10.6. The molecule has 3 unspecified atom stereocenters. The maximum atomic E-state index is 12.0. The zero-order valence-electron chi connectivity index (χ0n) is 13.1. The van der Waals surface area contributed by atoms with Crippen LogP contribution in [0.15, 0.2) is 21.9 Å². The molecule has 12 heteroatoms. The molecule has 2 rings (SSSR count). The van der Waals surface area contributed by atoms with Crippen molar-refractivity contribution < 1.29 is 49.8 Å². The summed E-state index contributed by atoms with van der Waals surface area (Å²) < 4.78 is 22.0. The van der Waals surface area contributed by atoms with E-state index >= 15 is 0 Å². The third kappa shape index (κ3) is 3.96. The smallest absolute Gasteiger partial charge is 0.419 e. The van der Waals surface area contributed by atoms with Crippen molar-refractivity contribution in [2.24, 2.45) is 0 Å². The van der Waals surface area contributed by atoms with E-state index in [4.69, 9.17) is 14.5 Å². The Bertz CT molecular complexity index is 756. The monoisotopic (exact) mass is 533 g/mol. The molecule has 0 amide bonds. The number of hydrogen-bond acceptors (Lipinski definition) is 6. The first-order valence-corrected chi connectivity index (χ1v) is 8.18. The van der Waals surface area contributed by atoms with Crippen molar-refractivity contribution in [3.05, 3.63) is 39.0 Å². The van der Waals surface area contributed by atoms with Gasteiger partial charge in [-0.1, -0.05) is 6.92 Å². The minimum atomic E-state index is -4.74. The average Bonchev–Trinajstić information content (AvgIpc) is 2.57. The molecule has 4 N–H and O–H groups in total. The number of rotatable bonds is 4. The second kappa shape index (κ2) is 6.96. The third-order valence-corrected chi connectivity index (χ3v) is 4.62. The number of aliphatic hydroxyl groups is 1. The maximum absolute atomic E-state index is 12.0. The van der Waals surface area contributed by atoms with E-state index in [2.05, 4.69) is 9.51 Å². The van der Waals surface area contributed by atoms with Gasteiger partial charge in [0.05, 0.1) is 12.7 Å². The normalized spacial score (nSPS) is 31.0. The van der Waals surface area contributed by atoms with Crippen LogP contribution in [0.3, 0.4) is 0 Å². The van der Waals surface area contributed by atoms with Crippen LogP contribution in [0.2, 0.25) is 0 Å². The van der Waals surface area contributed by atoms with E-state index in [1.165, 1.54) is 27.0 Å². The summed E-state index contributed by atoms with van der Waals surface area (Å²) in [6.07, 6.45) is 0.0893. The molecule has 1 aromatic heterocycles. The number of phosphoric ester groups is 1. The summed E-state index contributed by atoms with van der Waals surface area (Å²) in [4.78, 5) is 42.8. The van der Waals surface area contributed by atoms with Crippen molar-refractivity contribution in [3.8, 4) is 0 Å². The summed E-state index contributed by atoms with van der Waals surface area (Å²) in [5.41, 5.74) is -4.36. The van der Waals surface area contributed by atoms with E-state index < -0.39 is 43.1 Å². The number of nitrogens with one attached hydrogen (secondary N) is 1. The van der Waals surface area contributed by atoms with Crippen molar-refractivity contribution in [1.82, 2.24) is 9.55 Å². The van der Waals surface area contributed by atoms with Gasteiger partial charge in [-0.25, -0.2) is 15.3 Å². The minimum absolute atomic E-state index is 0. The second-order valence-corrected chi connectivity index (χ2v) is 6.87. The van der Waals surface area contributed by atoms with Gasteiger partial charge in [-0.3, -0.25) is 18.9 Å². The number of ether oxygens (including phenoxy) is 1. The molecular formula is C12H18N2O8PW-. The van der Waals surface area contributed by atoms with Gasteiger partial charge >= 0.3 is 13.5 Å². The van der Waals surface area contributed by atoms with Crippen LogP contribution in [-0.2, 0) is 40.6 Å². The molecule has 0 spiro atoms. The molecule has 10 nitrogen and oxygen atoms in total. The van der Waals surface area contributed by atoms with Gasteiger partial charge in [0, 0.05) is 39.1 Å². The average molecular weight is 533 g/mol. The van der Waals surface area contributed by atoms with Gasteiger partial charge in [-0.2, -0.15) is 6.92 Å². The fraction of sp³-hybridized carbons (Fsp3) is 0.583. The first kappa shape index (κ1) is 21.4. The van der Waals surface area contributed by atoms with Gasteiger partial charge in [0.25, 0.3) is 5.56 Å². The Kier molecular flexibility index (Phi) is 6.21. The number of phosphoric acid groups is 1. The molecule has 1 aromatic rings. The van der Waals surface area contributed by atoms with E-state index in [-0.39, 0.29) is 21.1 Å². The summed E-state index contributed by atoms with van der Waals surface area (Å²) in [7, 11) is -4.74. The third-order valence-electron chi connectivity index (χ3n) is 4.13. The summed E-state index contributed by atoms with van der Waals surface area (Å²) in [5.74, 6) is 0.318. The number of aromatic nitrogens is 2. The summed E-state index contributed by atoms with van der Waals surface area (Å²) in [6.45, 7) is 3.84. The molecule has 1 fully saturated rings. The predicted molar refractivity (Wildman–Crippen MR) is 77.4 cm³/mol. The first-order chi connectivity index (χ1) is 10.4. The molecule has 1 saturated heterocycles. The summed E-state index contributed by atoms with van der Waals surface area (Å²) in [6, 6.07) is 1.12. The fourth-order valence-corrected chi connectivity index (χ4v) is 2.87. The SMILES string of the molecule is C[C-]1C(C)(O)C(COP(=O)(O)O)OC1(C)n1ccc(=O)[nH]c1=O.[W]. The Morgan fingerprint density at radius 1 is 1.46 bits per heavy atom. The molecule has 0 aliphatic carbocycles. The van der Waals surface area contributed by atoms with Crippen molar-refractivity contribution in [1.29, 1.82) is 0 Å². The molecular weight excluding hydrogens is 515 g/mol. The zero-order chi connectivity index (χ0) is 17.6. The van der Waals surface area contributed by atoms with E-state index in [1.54, 1.807) is 0 Å². The molecule has 136 valence electrons. The number of aromatic amines is 1. The van der Waals surface area contributed by atoms with Gasteiger partial charge in [0.1, 0.15) is 0 Å². The topological polar surface area (TPSA) is 151 Å².